The maximum absolute atomic E-state index is 5.98. The van der Waals surface area contributed by atoms with Crippen molar-refractivity contribution in [2.45, 2.75) is 37.6 Å². The minimum absolute atomic E-state index is 0.200. The molecule has 2 aromatic rings. The molecule has 0 saturated carbocycles. The van der Waals surface area contributed by atoms with Gasteiger partial charge in [-0.25, -0.2) is 0 Å². The first kappa shape index (κ1) is 17.2. The van der Waals surface area contributed by atoms with Crippen molar-refractivity contribution >= 4 is 17.8 Å². The summed E-state index contributed by atoms with van der Waals surface area (Å²) in [5.41, 5.74) is 3.59. The van der Waals surface area contributed by atoms with Gasteiger partial charge in [0.05, 0.1) is 0 Å². The summed E-state index contributed by atoms with van der Waals surface area (Å²) < 4.78 is 5.98. The van der Waals surface area contributed by atoms with Crippen molar-refractivity contribution < 1.29 is 4.43 Å². The summed E-state index contributed by atoms with van der Waals surface area (Å²) in [6.07, 6.45) is 1.21. The van der Waals surface area contributed by atoms with Crippen molar-refractivity contribution in [1.82, 2.24) is 0 Å². The first-order valence-electron chi connectivity index (χ1n) is 8.30. The van der Waals surface area contributed by atoms with E-state index in [0.29, 0.717) is 5.54 Å². The molecule has 22 heavy (non-hydrogen) atoms. The van der Waals surface area contributed by atoms with Crippen molar-refractivity contribution in [2.75, 3.05) is 6.61 Å². The third kappa shape index (κ3) is 5.91. The summed E-state index contributed by atoms with van der Waals surface area (Å²) >= 11 is 0. The summed E-state index contributed by atoms with van der Waals surface area (Å²) in [6, 6.07) is 23.3. The number of hydrogen-bond acceptors (Lipinski definition) is 1. The topological polar surface area (TPSA) is 9.23 Å². The molecule has 0 saturated heterocycles. The molecule has 118 valence electrons. The lowest BCUT2D eigenvalue weighted by molar-refractivity contribution is 0.311. The third-order valence-corrected chi connectivity index (χ3v) is 7.32. The summed E-state index contributed by atoms with van der Waals surface area (Å²) in [5, 5.41) is 0. The lowest BCUT2D eigenvalue weighted by Gasteiger charge is -2.19. The molecule has 0 amide bonds. The fourth-order valence-corrected chi connectivity index (χ4v) is 5.59. The van der Waals surface area contributed by atoms with Crippen molar-refractivity contribution in [3.05, 3.63) is 71.8 Å². The van der Waals surface area contributed by atoms with Crippen LogP contribution in [0, 0.1) is 0 Å². The van der Waals surface area contributed by atoms with Crippen molar-refractivity contribution in [3.63, 3.8) is 0 Å². The second-order valence-corrected chi connectivity index (χ2v) is 13.4. The van der Waals surface area contributed by atoms with Crippen molar-refractivity contribution in [3.8, 4) is 0 Å². The summed E-state index contributed by atoms with van der Waals surface area (Å²) in [6.45, 7) is 7.74. The molecule has 0 spiro atoms. The largest absolute Gasteiger partial charge is 0.418 e. The van der Waals surface area contributed by atoms with Crippen LogP contribution in [0.1, 0.15) is 23.1 Å². The molecule has 0 heterocycles. The van der Waals surface area contributed by atoms with Crippen LogP contribution in [0.5, 0.6) is 0 Å². The molecule has 0 fully saturated rings. The van der Waals surface area contributed by atoms with E-state index in [-0.39, 0.29) is 9.52 Å². The van der Waals surface area contributed by atoms with Crippen molar-refractivity contribution in [2.24, 2.45) is 0 Å². The zero-order chi connectivity index (χ0) is 15.8. The van der Waals surface area contributed by atoms with Gasteiger partial charge in [0.2, 0.25) is 0 Å². The van der Waals surface area contributed by atoms with E-state index in [9.17, 15) is 0 Å². The molecule has 0 atom stereocenters. The van der Waals surface area contributed by atoms with E-state index in [2.05, 4.69) is 80.3 Å². The van der Waals surface area contributed by atoms with E-state index >= 15 is 0 Å². The molecule has 1 nitrogen and oxygen atoms in total. The van der Waals surface area contributed by atoms with Gasteiger partial charge in [-0.2, -0.15) is 0 Å². The Bertz CT molecular complexity index is 495. The SMILES string of the molecule is C[Si](C)(C)OCCC[SiH2]C(c1ccccc1)c1ccccc1. The fourth-order valence-electron chi connectivity index (χ4n) is 2.73. The molecule has 0 radical (unpaired) electrons. The summed E-state index contributed by atoms with van der Waals surface area (Å²) in [4.78, 5) is 0. The summed E-state index contributed by atoms with van der Waals surface area (Å²) in [7, 11) is -1.55. The molecule has 0 aromatic heterocycles. The number of benzene rings is 2. The van der Waals surface area contributed by atoms with E-state index in [4.69, 9.17) is 4.43 Å². The van der Waals surface area contributed by atoms with Crippen LogP contribution in [0.15, 0.2) is 60.7 Å². The highest BCUT2D eigenvalue weighted by molar-refractivity contribution is 6.69. The van der Waals surface area contributed by atoms with Crippen LogP contribution >= 0.6 is 0 Å². The zero-order valence-electron chi connectivity index (χ0n) is 14.1. The van der Waals surface area contributed by atoms with Gasteiger partial charge in [0.1, 0.15) is 0 Å². The van der Waals surface area contributed by atoms with Gasteiger partial charge in [0, 0.05) is 16.1 Å². The van der Waals surface area contributed by atoms with Gasteiger partial charge in [-0.05, 0) is 42.7 Å². The Labute approximate surface area is 138 Å². The second-order valence-electron chi connectivity index (χ2n) is 6.83. The predicted molar refractivity (Wildman–Crippen MR) is 102 cm³/mol. The normalized spacial score (nSPS) is 12.4. The first-order valence-corrected chi connectivity index (χ1v) is 13.5. The molecular formula is C19H28OSi2. The van der Waals surface area contributed by atoms with Crippen LogP contribution < -0.4 is 0 Å². The zero-order valence-corrected chi connectivity index (χ0v) is 16.5. The average Bonchev–Trinajstić information content (AvgIpc) is 2.51. The Morgan fingerprint density at radius 2 is 1.36 bits per heavy atom. The number of hydrogen-bond donors (Lipinski definition) is 0. The van der Waals surface area contributed by atoms with E-state index < -0.39 is 8.32 Å². The minimum Gasteiger partial charge on any atom is -0.418 e. The molecule has 2 aromatic carbocycles. The van der Waals surface area contributed by atoms with Gasteiger partial charge >= 0.3 is 0 Å². The van der Waals surface area contributed by atoms with Gasteiger partial charge in [-0.15, -0.1) is 0 Å². The Kier molecular flexibility index (Phi) is 6.61. The van der Waals surface area contributed by atoms with Crippen LogP contribution in [0.4, 0.5) is 0 Å². The molecular weight excluding hydrogens is 300 g/mol. The van der Waals surface area contributed by atoms with Gasteiger partial charge < -0.3 is 4.43 Å². The van der Waals surface area contributed by atoms with Crippen LogP contribution in [-0.2, 0) is 4.43 Å². The van der Waals surface area contributed by atoms with Gasteiger partial charge in [-0.1, -0.05) is 66.7 Å². The maximum Gasteiger partial charge on any atom is 0.183 e. The minimum atomic E-state index is -1.35. The Balaban J connectivity index is 1.95. The first-order chi connectivity index (χ1) is 10.6. The van der Waals surface area contributed by atoms with E-state index in [1.807, 2.05) is 0 Å². The molecule has 0 aliphatic heterocycles. The highest BCUT2D eigenvalue weighted by atomic mass is 28.4. The summed E-state index contributed by atoms with van der Waals surface area (Å²) in [5.74, 6) is 0. The molecule has 2 rings (SSSR count). The van der Waals surface area contributed by atoms with Gasteiger partial charge in [0.15, 0.2) is 8.32 Å². The monoisotopic (exact) mass is 328 g/mol. The molecule has 0 bridgehead atoms. The van der Waals surface area contributed by atoms with E-state index in [0.717, 1.165) is 6.61 Å². The van der Waals surface area contributed by atoms with Crippen LogP contribution in [-0.4, -0.2) is 24.4 Å². The highest BCUT2D eigenvalue weighted by Gasteiger charge is 2.15. The van der Waals surface area contributed by atoms with Crippen LogP contribution in [0.25, 0.3) is 0 Å². The molecule has 3 heteroatoms. The van der Waals surface area contributed by atoms with Crippen LogP contribution in [0.2, 0.25) is 25.7 Å². The van der Waals surface area contributed by atoms with E-state index in [1.54, 1.807) is 0 Å². The van der Waals surface area contributed by atoms with E-state index in [1.165, 1.54) is 23.6 Å². The third-order valence-electron chi connectivity index (χ3n) is 3.83. The second kappa shape index (κ2) is 8.46. The van der Waals surface area contributed by atoms with Crippen molar-refractivity contribution in [1.29, 1.82) is 0 Å². The molecule has 0 unspecified atom stereocenters. The average molecular weight is 329 g/mol. The quantitative estimate of drug-likeness (QED) is 0.508. The van der Waals surface area contributed by atoms with Gasteiger partial charge in [0.25, 0.3) is 0 Å². The lowest BCUT2D eigenvalue weighted by atomic mass is 10.0. The Morgan fingerprint density at radius 3 is 1.82 bits per heavy atom. The standard InChI is InChI=1S/C19H28OSi2/c1-22(2,3)20-15-10-16-21-19(17-11-6-4-7-12-17)18-13-8-5-9-14-18/h4-9,11-14,19H,10,15-16,21H2,1-3H3. The maximum atomic E-state index is 5.98. The predicted octanol–water partition coefficient (Wildman–Crippen LogP) is 4.60. The van der Waals surface area contributed by atoms with Gasteiger partial charge in [-0.3, -0.25) is 0 Å². The number of rotatable bonds is 8. The highest BCUT2D eigenvalue weighted by Crippen LogP contribution is 2.24. The Hall–Kier alpha value is -1.17. The lowest BCUT2D eigenvalue weighted by Crippen LogP contribution is -2.25. The molecule has 0 aliphatic carbocycles. The Morgan fingerprint density at radius 1 is 0.864 bits per heavy atom. The van der Waals surface area contributed by atoms with Crippen LogP contribution in [0.3, 0.4) is 0 Å². The fraction of sp³-hybridized carbons (Fsp3) is 0.368. The smallest absolute Gasteiger partial charge is 0.183 e. The molecule has 0 N–H and O–H groups in total. The molecule has 0 aliphatic rings.